The van der Waals surface area contributed by atoms with Crippen molar-refractivity contribution < 1.29 is 4.79 Å². The van der Waals surface area contributed by atoms with Crippen LogP contribution in [0, 0.1) is 0 Å². The number of carbonyl (C=O) groups excluding carboxylic acids is 1. The van der Waals surface area contributed by atoms with Gasteiger partial charge in [-0.05, 0) is 6.92 Å². The monoisotopic (exact) mass is 237 g/mol. The molecular formula is C13H23N3O. The number of rotatable bonds is 6. The van der Waals surface area contributed by atoms with Crippen molar-refractivity contribution in [3.8, 4) is 0 Å². The lowest BCUT2D eigenvalue weighted by molar-refractivity contribution is -0.135. The summed E-state index contributed by atoms with van der Waals surface area (Å²) in [5.41, 5.74) is 0. The van der Waals surface area contributed by atoms with Gasteiger partial charge in [0.2, 0.25) is 5.91 Å². The van der Waals surface area contributed by atoms with Crippen molar-refractivity contribution in [1.29, 1.82) is 0 Å². The molecule has 1 aliphatic rings. The summed E-state index contributed by atoms with van der Waals surface area (Å²) in [5.74, 6) is 0.159. The van der Waals surface area contributed by atoms with Gasteiger partial charge in [0, 0.05) is 39.3 Å². The van der Waals surface area contributed by atoms with Crippen molar-refractivity contribution in [2.45, 2.75) is 13.0 Å². The lowest BCUT2D eigenvalue weighted by atomic mass is 10.2. The zero-order valence-corrected chi connectivity index (χ0v) is 10.7. The van der Waals surface area contributed by atoms with Crippen LogP contribution in [0.3, 0.4) is 0 Å². The van der Waals surface area contributed by atoms with Gasteiger partial charge in [-0.15, -0.1) is 13.2 Å². The number of amides is 1. The van der Waals surface area contributed by atoms with Crippen LogP contribution in [0.2, 0.25) is 0 Å². The zero-order valence-electron chi connectivity index (χ0n) is 10.7. The quantitative estimate of drug-likeness (QED) is 0.683. The van der Waals surface area contributed by atoms with Crippen molar-refractivity contribution in [1.82, 2.24) is 15.1 Å². The average molecular weight is 237 g/mol. The largest absolute Gasteiger partial charge is 0.334 e. The summed E-state index contributed by atoms with van der Waals surface area (Å²) in [6.07, 6.45) is 3.51. The van der Waals surface area contributed by atoms with E-state index in [0.717, 1.165) is 26.2 Å². The van der Waals surface area contributed by atoms with Crippen molar-refractivity contribution in [3.05, 3.63) is 25.3 Å². The molecule has 1 saturated heterocycles. The molecular weight excluding hydrogens is 214 g/mol. The van der Waals surface area contributed by atoms with E-state index in [4.69, 9.17) is 0 Å². The molecule has 0 spiro atoms. The second kappa shape index (κ2) is 7.25. The molecule has 1 rings (SSSR count). The minimum atomic E-state index is -0.0583. The van der Waals surface area contributed by atoms with Crippen LogP contribution in [-0.2, 0) is 4.79 Å². The number of piperazine rings is 1. The molecule has 4 nitrogen and oxygen atoms in total. The zero-order chi connectivity index (χ0) is 12.7. The van der Waals surface area contributed by atoms with E-state index in [9.17, 15) is 4.79 Å². The van der Waals surface area contributed by atoms with Gasteiger partial charge >= 0.3 is 0 Å². The minimum Gasteiger partial charge on any atom is -0.334 e. The highest BCUT2D eigenvalue weighted by Crippen LogP contribution is 2.05. The summed E-state index contributed by atoms with van der Waals surface area (Å²) in [4.78, 5) is 16.3. The molecule has 0 saturated carbocycles. The standard InChI is InChI=1S/C13H23N3O/c1-4-8-16(9-5-2)13(17)12(3)15-10-6-14-7-11-15/h4-5,12,14H,1-2,6-11H2,3H3. The van der Waals surface area contributed by atoms with Crippen LogP contribution in [0.5, 0.6) is 0 Å². The molecule has 1 amide bonds. The highest BCUT2D eigenvalue weighted by atomic mass is 16.2. The molecule has 1 aliphatic heterocycles. The van der Waals surface area contributed by atoms with Gasteiger partial charge in [-0.1, -0.05) is 12.2 Å². The van der Waals surface area contributed by atoms with Gasteiger partial charge in [-0.25, -0.2) is 0 Å². The Morgan fingerprint density at radius 1 is 1.35 bits per heavy atom. The summed E-state index contributed by atoms with van der Waals surface area (Å²) in [5, 5.41) is 3.29. The summed E-state index contributed by atoms with van der Waals surface area (Å²) in [7, 11) is 0. The van der Waals surface area contributed by atoms with Crippen molar-refractivity contribution in [2.75, 3.05) is 39.3 Å². The Hall–Kier alpha value is -1.13. The van der Waals surface area contributed by atoms with Crippen molar-refractivity contribution in [2.24, 2.45) is 0 Å². The summed E-state index contributed by atoms with van der Waals surface area (Å²) in [6, 6.07) is -0.0583. The van der Waals surface area contributed by atoms with Crippen LogP contribution in [0.25, 0.3) is 0 Å². The Bertz CT molecular complexity index is 262. The fourth-order valence-electron chi connectivity index (χ4n) is 2.06. The van der Waals surface area contributed by atoms with Gasteiger partial charge < -0.3 is 10.2 Å². The summed E-state index contributed by atoms with van der Waals surface area (Å²) < 4.78 is 0. The van der Waals surface area contributed by atoms with E-state index in [-0.39, 0.29) is 11.9 Å². The topological polar surface area (TPSA) is 35.6 Å². The molecule has 1 fully saturated rings. The minimum absolute atomic E-state index is 0.0583. The Morgan fingerprint density at radius 3 is 2.35 bits per heavy atom. The molecule has 1 N–H and O–H groups in total. The highest BCUT2D eigenvalue weighted by molar-refractivity contribution is 5.81. The first-order valence-corrected chi connectivity index (χ1v) is 6.16. The van der Waals surface area contributed by atoms with Crippen LogP contribution in [0.1, 0.15) is 6.92 Å². The third-order valence-electron chi connectivity index (χ3n) is 3.07. The second-order valence-electron chi connectivity index (χ2n) is 4.28. The first-order chi connectivity index (χ1) is 8.20. The molecule has 17 heavy (non-hydrogen) atoms. The second-order valence-corrected chi connectivity index (χ2v) is 4.28. The highest BCUT2D eigenvalue weighted by Gasteiger charge is 2.25. The van der Waals surface area contributed by atoms with Gasteiger partial charge in [-0.3, -0.25) is 9.69 Å². The first-order valence-electron chi connectivity index (χ1n) is 6.16. The predicted octanol–water partition coefficient (Wildman–Crippen LogP) is 0.481. The van der Waals surface area contributed by atoms with Gasteiger partial charge in [-0.2, -0.15) is 0 Å². The van der Waals surface area contributed by atoms with E-state index in [0.29, 0.717) is 13.1 Å². The van der Waals surface area contributed by atoms with E-state index < -0.39 is 0 Å². The maximum absolute atomic E-state index is 12.3. The van der Waals surface area contributed by atoms with Crippen LogP contribution < -0.4 is 5.32 Å². The first kappa shape index (κ1) is 13.9. The third-order valence-corrected chi connectivity index (χ3v) is 3.07. The van der Waals surface area contributed by atoms with Crippen LogP contribution >= 0.6 is 0 Å². The summed E-state index contributed by atoms with van der Waals surface area (Å²) in [6.45, 7) is 14.3. The number of nitrogens with one attached hydrogen (secondary N) is 1. The number of carbonyl (C=O) groups is 1. The SMILES string of the molecule is C=CCN(CC=C)C(=O)C(C)N1CCNCC1. The van der Waals surface area contributed by atoms with E-state index in [1.54, 1.807) is 17.1 Å². The Balaban J connectivity index is 2.57. The molecule has 4 heteroatoms. The lowest BCUT2D eigenvalue weighted by Crippen LogP contribution is -2.53. The van der Waals surface area contributed by atoms with Gasteiger partial charge in [0.25, 0.3) is 0 Å². The molecule has 96 valence electrons. The third kappa shape index (κ3) is 3.98. The molecule has 0 aromatic heterocycles. The van der Waals surface area contributed by atoms with Crippen LogP contribution in [0.4, 0.5) is 0 Å². The van der Waals surface area contributed by atoms with Gasteiger partial charge in [0.1, 0.15) is 0 Å². The molecule has 1 unspecified atom stereocenters. The maximum atomic E-state index is 12.3. The number of nitrogens with zero attached hydrogens (tertiary/aromatic N) is 2. The smallest absolute Gasteiger partial charge is 0.240 e. The fourth-order valence-corrected chi connectivity index (χ4v) is 2.06. The number of hydrogen-bond acceptors (Lipinski definition) is 3. The van der Waals surface area contributed by atoms with Crippen LogP contribution in [0.15, 0.2) is 25.3 Å². The van der Waals surface area contributed by atoms with E-state index in [2.05, 4.69) is 23.4 Å². The average Bonchev–Trinajstić information content (AvgIpc) is 2.38. The normalized spacial score (nSPS) is 18.4. The predicted molar refractivity (Wildman–Crippen MR) is 70.9 cm³/mol. The van der Waals surface area contributed by atoms with Gasteiger partial charge in [0.15, 0.2) is 0 Å². The molecule has 0 bridgehead atoms. The van der Waals surface area contributed by atoms with Crippen molar-refractivity contribution in [3.63, 3.8) is 0 Å². The molecule has 1 atom stereocenters. The van der Waals surface area contributed by atoms with E-state index >= 15 is 0 Å². The van der Waals surface area contributed by atoms with Crippen LogP contribution in [-0.4, -0.2) is 61.0 Å². The lowest BCUT2D eigenvalue weighted by Gasteiger charge is -2.34. The van der Waals surface area contributed by atoms with E-state index in [1.807, 2.05) is 6.92 Å². The Morgan fingerprint density at radius 2 is 1.88 bits per heavy atom. The molecule has 0 aromatic rings. The van der Waals surface area contributed by atoms with E-state index in [1.165, 1.54) is 0 Å². The fraction of sp³-hybridized carbons (Fsp3) is 0.615. The molecule has 0 radical (unpaired) electrons. The van der Waals surface area contributed by atoms with Gasteiger partial charge in [0.05, 0.1) is 6.04 Å². The summed E-state index contributed by atoms with van der Waals surface area (Å²) >= 11 is 0. The number of hydrogen-bond donors (Lipinski definition) is 1. The maximum Gasteiger partial charge on any atom is 0.240 e. The molecule has 0 aromatic carbocycles. The Labute approximate surface area is 104 Å². The van der Waals surface area contributed by atoms with Crippen molar-refractivity contribution >= 4 is 5.91 Å². The molecule has 1 heterocycles. The Kier molecular flexibility index (Phi) is 5.94. The molecule has 0 aliphatic carbocycles.